The van der Waals surface area contributed by atoms with Crippen LogP contribution in [0.4, 0.5) is 0 Å². The minimum Gasteiger partial charge on any atom is -0.497 e. The highest BCUT2D eigenvalue weighted by Gasteiger charge is 2.22. The quantitative estimate of drug-likeness (QED) is 0.739. The summed E-state index contributed by atoms with van der Waals surface area (Å²) in [6.45, 7) is 1.37. The van der Waals surface area contributed by atoms with Crippen LogP contribution in [-0.2, 0) is 19.6 Å². The van der Waals surface area contributed by atoms with Gasteiger partial charge in [0.05, 0.1) is 20.8 Å². The smallest absolute Gasteiger partial charge is 0.248 e. The van der Waals surface area contributed by atoms with Crippen molar-refractivity contribution in [3.8, 4) is 11.5 Å². The topological polar surface area (TPSA) is 94.2 Å². The van der Waals surface area contributed by atoms with Gasteiger partial charge in [0.2, 0.25) is 15.9 Å². The number of rotatable bonds is 7. The molecule has 0 bridgehead atoms. The number of hydrogen-bond donors (Lipinski definition) is 1. The fourth-order valence-electron chi connectivity index (χ4n) is 2.18. The summed E-state index contributed by atoms with van der Waals surface area (Å²) in [4.78, 5) is 13.2. The Hall–Kier alpha value is -1.84. The summed E-state index contributed by atoms with van der Waals surface area (Å²) >= 11 is 0. The molecule has 1 aliphatic heterocycles. The monoisotopic (exact) mass is 344 g/mol. The molecular formula is C14H20N2O6S. The number of carbonyl (C=O) groups is 1. The summed E-state index contributed by atoms with van der Waals surface area (Å²) in [5.41, 5.74) is 0. The Kier molecular flexibility index (Phi) is 5.80. The first-order valence-corrected chi connectivity index (χ1v) is 8.53. The maximum Gasteiger partial charge on any atom is 0.248 e. The van der Waals surface area contributed by atoms with Gasteiger partial charge < -0.3 is 19.1 Å². The van der Waals surface area contributed by atoms with Gasteiger partial charge in [0, 0.05) is 25.7 Å². The second kappa shape index (κ2) is 7.62. The van der Waals surface area contributed by atoms with E-state index in [-0.39, 0.29) is 29.7 Å². The predicted molar refractivity (Wildman–Crippen MR) is 82.1 cm³/mol. The number of nitrogens with zero attached hydrogens (tertiary/aromatic N) is 1. The van der Waals surface area contributed by atoms with Gasteiger partial charge in [0.1, 0.15) is 23.0 Å². The highest BCUT2D eigenvalue weighted by Crippen LogP contribution is 2.28. The Morgan fingerprint density at radius 1 is 1.30 bits per heavy atom. The van der Waals surface area contributed by atoms with Crippen molar-refractivity contribution in [1.29, 1.82) is 0 Å². The molecule has 1 heterocycles. The van der Waals surface area contributed by atoms with Gasteiger partial charge in [-0.1, -0.05) is 0 Å². The minimum absolute atomic E-state index is 0.0223. The summed E-state index contributed by atoms with van der Waals surface area (Å²) < 4.78 is 42.4. The molecule has 0 radical (unpaired) electrons. The van der Waals surface area contributed by atoms with E-state index in [4.69, 9.17) is 14.2 Å². The average molecular weight is 344 g/mol. The molecule has 1 aromatic rings. The molecule has 1 fully saturated rings. The normalized spacial score (nSPS) is 15.6. The number of benzene rings is 1. The second-order valence-electron chi connectivity index (χ2n) is 4.85. The van der Waals surface area contributed by atoms with Crippen molar-refractivity contribution >= 4 is 15.9 Å². The first kappa shape index (κ1) is 17.5. The summed E-state index contributed by atoms with van der Waals surface area (Å²) in [5, 5.41) is 0. The molecule has 0 aromatic heterocycles. The molecule has 1 N–H and O–H groups in total. The lowest BCUT2D eigenvalue weighted by molar-refractivity contribution is -0.142. The maximum absolute atomic E-state index is 12.4. The van der Waals surface area contributed by atoms with Crippen LogP contribution in [0.5, 0.6) is 11.5 Å². The van der Waals surface area contributed by atoms with Gasteiger partial charge in [0.15, 0.2) is 0 Å². The Bertz CT molecular complexity index is 661. The first-order valence-electron chi connectivity index (χ1n) is 7.05. The van der Waals surface area contributed by atoms with E-state index in [0.717, 1.165) is 0 Å². The molecule has 8 nitrogen and oxygen atoms in total. The molecule has 0 spiro atoms. The van der Waals surface area contributed by atoms with Crippen LogP contribution in [0.2, 0.25) is 0 Å². The third kappa shape index (κ3) is 4.34. The number of sulfonamides is 1. The van der Waals surface area contributed by atoms with Crippen molar-refractivity contribution in [1.82, 2.24) is 9.62 Å². The van der Waals surface area contributed by atoms with Crippen molar-refractivity contribution in [2.75, 3.05) is 47.1 Å². The average Bonchev–Trinajstić information content (AvgIpc) is 2.55. The number of amides is 1. The molecule has 1 aromatic carbocycles. The van der Waals surface area contributed by atoms with Gasteiger partial charge in [-0.05, 0) is 12.1 Å². The van der Waals surface area contributed by atoms with E-state index >= 15 is 0 Å². The van der Waals surface area contributed by atoms with E-state index in [1.165, 1.54) is 26.4 Å². The van der Waals surface area contributed by atoms with Crippen LogP contribution in [0.1, 0.15) is 0 Å². The Labute approximate surface area is 135 Å². The lowest BCUT2D eigenvalue weighted by atomic mass is 10.3. The van der Waals surface area contributed by atoms with Crippen LogP contribution in [-0.4, -0.2) is 66.3 Å². The van der Waals surface area contributed by atoms with Crippen molar-refractivity contribution in [2.24, 2.45) is 0 Å². The van der Waals surface area contributed by atoms with Gasteiger partial charge in [-0.3, -0.25) is 4.79 Å². The lowest BCUT2D eigenvalue weighted by Crippen LogP contribution is -2.45. The van der Waals surface area contributed by atoms with Crippen molar-refractivity contribution in [2.45, 2.75) is 4.90 Å². The summed E-state index contributed by atoms with van der Waals surface area (Å²) in [6, 6.07) is 4.46. The molecule has 0 atom stereocenters. The molecule has 1 saturated heterocycles. The summed E-state index contributed by atoms with van der Waals surface area (Å²) in [7, 11) is -0.870. The van der Waals surface area contributed by atoms with Crippen LogP contribution in [0, 0.1) is 0 Å². The molecule has 1 amide bonds. The zero-order chi connectivity index (χ0) is 16.9. The first-order chi connectivity index (χ1) is 11.0. The SMILES string of the molecule is COc1ccc(S(=O)(=O)NCCN2CCOCC2=O)c(OC)c1. The molecule has 0 saturated carbocycles. The minimum atomic E-state index is -3.75. The van der Waals surface area contributed by atoms with E-state index in [1.54, 1.807) is 11.0 Å². The number of nitrogens with one attached hydrogen (secondary N) is 1. The van der Waals surface area contributed by atoms with Crippen LogP contribution >= 0.6 is 0 Å². The molecule has 2 rings (SSSR count). The van der Waals surface area contributed by atoms with Crippen molar-refractivity contribution in [3.63, 3.8) is 0 Å². The van der Waals surface area contributed by atoms with Crippen molar-refractivity contribution in [3.05, 3.63) is 18.2 Å². The third-order valence-corrected chi connectivity index (χ3v) is 4.92. The van der Waals surface area contributed by atoms with E-state index in [9.17, 15) is 13.2 Å². The zero-order valence-electron chi connectivity index (χ0n) is 13.1. The number of methoxy groups -OCH3 is 2. The van der Waals surface area contributed by atoms with Gasteiger partial charge >= 0.3 is 0 Å². The van der Waals surface area contributed by atoms with Crippen LogP contribution in [0.3, 0.4) is 0 Å². The van der Waals surface area contributed by atoms with Crippen LogP contribution in [0.15, 0.2) is 23.1 Å². The third-order valence-electron chi connectivity index (χ3n) is 3.42. The number of hydrogen-bond acceptors (Lipinski definition) is 6. The Balaban J connectivity index is 2.02. The Morgan fingerprint density at radius 2 is 2.09 bits per heavy atom. The fraction of sp³-hybridized carbons (Fsp3) is 0.500. The van der Waals surface area contributed by atoms with Gasteiger partial charge in [0.25, 0.3) is 0 Å². The van der Waals surface area contributed by atoms with E-state index in [1.807, 2.05) is 0 Å². The highest BCUT2D eigenvalue weighted by molar-refractivity contribution is 7.89. The summed E-state index contributed by atoms with van der Waals surface area (Å²) in [6.07, 6.45) is 0. The van der Waals surface area contributed by atoms with Gasteiger partial charge in [-0.15, -0.1) is 0 Å². The van der Waals surface area contributed by atoms with E-state index < -0.39 is 10.0 Å². The number of carbonyl (C=O) groups excluding carboxylic acids is 1. The predicted octanol–water partition coefficient (Wildman–Crippen LogP) is -0.159. The number of ether oxygens (including phenoxy) is 3. The maximum atomic E-state index is 12.4. The molecule has 1 aliphatic rings. The van der Waals surface area contributed by atoms with Crippen LogP contribution in [0.25, 0.3) is 0 Å². The molecule has 23 heavy (non-hydrogen) atoms. The summed E-state index contributed by atoms with van der Waals surface area (Å²) in [5.74, 6) is 0.552. The standard InChI is InChI=1S/C14H20N2O6S/c1-20-11-3-4-13(12(9-11)21-2)23(18,19)15-5-6-16-7-8-22-10-14(16)17/h3-4,9,15H,5-8,10H2,1-2H3. The molecule has 0 aliphatic carbocycles. The van der Waals surface area contributed by atoms with Gasteiger partial charge in [-0.25, -0.2) is 13.1 Å². The molecule has 128 valence electrons. The Morgan fingerprint density at radius 3 is 2.74 bits per heavy atom. The molecular weight excluding hydrogens is 324 g/mol. The largest absolute Gasteiger partial charge is 0.497 e. The number of morpholine rings is 1. The van der Waals surface area contributed by atoms with Gasteiger partial charge in [-0.2, -0.15) is 0 Å². The highest BCUT2D eigenvalue weighted by atomic mass is 32.2. The molecule has 9 heteroatoms. The zero-order valence-corrected chi connectivity index (χ0v) is 13.9. The second-order valence-corrected chi connectivity index (χ2v) is 6.58. The molecule has 0 unspecified atom stereocenters. The fourth-order valence-corrected chi connectivity index (χ4v) is 3.35. The van der Waals surface area contributed by atoms with E-state index in [0.29, 0.717) is 25.4 Å². The van der Waals surface area contributed by atoms with Crippen molar-refractivity contribution < 1.29 is 27.4 Å². The van der Waals surface area contributed by atoms with E-state index in [2.05, 4.69) is 4.72 Å². The van der Waals surface area contributed by atoms with Crippen LogP contribution < -0.4 is 14.2 Å². The lowest BCUT2D eigenvalue weighted by Gasteiger charge is -2.26.